The Morgan fingerprint density at radius 3 is 2.50 bits per heavy atom. The van der Waals surface area contributed by atoms with Gasteiger partial charge in [0.05, 0.1) is 31.5 Å². The number of aryl methyl sites for hydroxylation is 1. The number of carbonyl (C=O) groups excluding carboxylic acids is 1. The van der Waals surface area contributed by atoms with Crippen LogP contribution in [0.1, 0.15) is 38.1 Å². The molecule has 4 rings (SSSR count). The van der Waals surface area contributed by atoms with E-state index in [1.54, 1.807) is 19.7 Å². The van der Waals surface area contributed by atoms with E-state index in [-0.39, 0.29) is 11.9 Å². The first-order valence-corrected chi connectivity index (χ1v) is 10.0. The zero-order valence-corrected chi connectivity index (χ0v) is 17.0. The summed E-state index contributed by atoms with van der Waals surface area (Å²) in [5.41, 5.74) is 5.83. The number of thiazole rings is 1. The Labute approximate surface area is 168 Å². The van der Waals surface area contributed by atoms with Gasteiger partial charge in [-0.15, -0.1) is 11.3 Å². The first-order valence-electron chi connectivity index (χ1n) is 9.14. The molecular formula is C22H22N2O3S. The van der Waals surface area contributed by atoms with Crippen molar-refractivity contribution in [2.24, 2.45) is 0 Å². The van der Waals surface area contributed by atoms with Gasteiger partial charge in [0.2, 0.25) is 0 Å². The van der Waals surface area contributed by atoms with E-state index < -0.39 is 0 Å². The standard InChI is InChI=1S/C22H22N2O3S/c1-14-21(28-13-23-14)22(25)24-10-9-16-11-18(26-2)19(27-3)12-17(16)20(24)15-7-5-4-6-8-15/h4-8,11-13,20H,9-10H2,1-3H3/t20-/m0/s1. The molecule has 1 aliphatic rings. The Balaban J connectivity index is 1.86. The van der Waals surface area contributed by atoms with Crippen molar-refractivity contribution in [2.75, 3.05) is 20.8 Å². The molecule has 1 atom stereocenters. The lowest BCUT2D eigenvalue weighted by Crippen LogP contribution is -2.40. The minimum absolute atomic E-state index is 0.0225. The van der Waals surface area contributed by atoms with E-state index in [1.807, 2.05) is 42.2 Å². The molecule has 5 nitrogen and oxygen atoms in total. The van der Waals surface area contributed by atoms with E-state index in [2.05, 4.69) is 17.1 Å². The molecule has 0 bridgehead atoms. The minimum Gasteiger partial charge on any atom is -0.493 e. The summed E-state index contributed by atoms with van der Waals surface area (Å²) in [5.74, 6) is 1.41. The number of aromatic nitrogens is 1. The molecule has 0 fully saturated rings. The molecule has 0 saturated carbocycles. The van der Waals surface area contributed by atoms with Crippen molar-refractivity contribution in [3.8, 4) is 11.5 Å². The average molecular weight is 394 g/mol. The van der Waals surface area contributed by atoms with Crippen LogP contribution in [-0.4, -0.2) is 36.6 Å². The summed E-state index contributed by atoms with van der Waals surface area (Å²) < 4.78 is 11.0. The Morgan fingerprint density at radius 2 is 1.86 bits per heavy atom. The van der Waals surface area contributed by atoms with Gasteiger partial charge >= 0.3 is 0 Å². The van der Waals surface area contributed by atoms with Gasteiger partial charge < -0.3 is 14.4 Å². The fourth-order valence-corrected chi connectivity index (χ4v) is 4.55. The molecule has 0 aliphatic carbocycles. The van der Waals surface area contributed by atoms with Crippen molar-refractivity contribution in [1.29, 1.82) is 0 Å². The number of methoxy groups -OCH3 is 2. The number of hydrogen-bond acceptors (Lipinski definition) is 5. The number of benzene rings is 2. The highest BCUT2D eigenvalue weighted by molar-refractivity contribution is 7.11. The molecule has 3 aromatic rings. The summed E-state index contributed by atoms with van der Waals surface area (Å²) in [7, 11) is 3.28. The van der Waals surface area contributed by atoms with Gasteiger partial charge in [-0.1, -0.05) is 30.3 Å². The lowest BCUT2D eigenvalue weighted by Gasteiger charge is -2.38. The zero-order chi connectivity index (χ0) is 19.7. The number of rotatable bonds is 4. The molecule has 144 valence electrons. The molecule has 0 spiro atoms. The fourth-order valence-electron chi connectivity index (χ4n) is 3.80. The third-order valence-electron chi connectivity index (χ3n) is 5.19. The SMILES string of the molecule is COc1cc2c(cc1OC)[C@H](c1ccccc1)N(C(=O)c1scnc1C)CC2. The third-order valence-corrected chi connectivity index (χ3v) is 6.11. The number of amides is 1. The molecule has 0 N–H and O–H groups in total. The first kappa shape index (κ1) is 18.5. The van der Waals surface area contributed by atoms with Gasteiger partial charge in [-0.2, -0.15) is 0 Å². The number of ether oxygens (including phenoxy) is 2. The second-order valence-electron chi connectivity index (χ2n) is 6.73. The van der Waals surface area contributed by atoms with Crippen LogP contribution in [-0.2, 0) is 6.42 Å². The van der Waals surface area contributed by atoms with E-state index in [4.69, 9.17) is 9.47 Å². The van der Waals surface area contributed by atoms with Gasteiger partial charge in [0.15, 0.2) is 11.5 Å². The molecule has 0 saturated heterocycles. The van der Waals surface area contributed by atoms with Crippen molar-refractivity contribution in [1.82, 2.24) is 9.88 Å². The minimum atomic E-state index is -0.182. The van der Waals surface area contributed by atoms with E-state index in [1.165, 1.54) is 16.9 Å². The monoisotopic (exact) mass is 394 g/mol. The number of carbonyl (C=O) groups is 1. The first-order chi connectivity index (χ1) is 13.6. The molecular weight excluding hydrogens is 372 g/mol. The van der Waals surface area contributed by atoms with Crippen molar-refractivity contribution in [3.63, 3.8) is 0 Å². The van der Waals surface area contributed by atoms with Gasteiger partial charge in [0, 0.05) is 6.54 Å². The van der Waals surface area contributed by atoms with Crippen LogP contribution in [0.5, 0.6) is 11.5 Å². The Hall–Kier alpha value is -2.86. The molecule has 6 heteroatoms. The molecule has 28 heavy (non-hydrogen) atoms. The van der Waals surface area contributed by atoms with Gasteiger partial charge in [-0.05, 0) is 42.2 Å². The topological polar surface area (TPSA) is 51.7 Å². The smallest absolute Gasteiger partial charge is 0.266 e. The third kappa shape index (κ3) is 3.14. The van der Waals surface area contributed by atoms with Crippen LogP contribution in [0.4, 0.5) is 0 Å². The van der Waals surface area contributed by atoms with Gasteiger partial charge in [0.25, 0.3) is 5.91 Å². The fraction of sp³-hybridized carbons (Fsp3) is 0.273. The summed E-state index contributed by atoms with van der Waals surface area (Å²) in [5, 5.41) is 0. The second-order valence-corrected chi connectivity index (χ2v) is 7.59. The maximum atomic E-state index is 13.4. The molecule has 2 heterocycles. The van der Waals surface area contributed by atoms with Crippen molar-refractivity contribution in [2.45, 2.75) is 19.4 Å². The van der Waals surface area contributed by atoms with Crippen LogP contribution in [0.3, 0.4) is 0 Å². The average Bonchev–Trinajstić information content (AvgIpc) is 3.17. The van der Waals surface area contributed by atoms with Crippen LogP contribution in [0.15, 0.2) is 48.0 Å². The maximum absolute atomic E-state index is 13.4. The van der Waals surface area contributed by atoms with Crippen LogP contribution in [0.2, 0.25) is 0 Å². The quantitative estimate of drug-likeness (QED) is 0.664. The van der Waals surface area contributed by atoms with Crippen molar-refractivity contribution < 1.29 is 14.3 Å². The van der Waals surface area contributed by atoms with Crippen LogP contribution < -0.4 is 9.47 Å². The van der Waals surface area contributed by atoms with E-state index in [0.29, 0.717) is 22.9 Å². The second kappa shape index (κ2) is 7.64. The Morgan fingerprint density at radius 1 is 1.14 bits per heavy atom. The number of nitrogens with zero attached hydrogens (tertiary/aromatic N) is 2. The Kier molecular flexibility index (Phi) is 5.05. The van der Waals surface area contributed by atoms with E-state index in [0.717, 1.165) is 23.2 Å². The summed E-state index contributed by atoms with van der Waals surface area (Å²) in [4.78, 5) is 20.3. The lowest BCUT2D eigenvalue weighted by atomic mass is 9.87. The van der Waals surface area contributed by atoms with Gasteiger partial charge in [-0.3, -0.25) is 4.79 Å². The van der Waals surface area contributed by atoms with Crippen molar-refractivity contribution >= 4 is 17.2 Å². The predicted octanol–water partition coefficient (Wildman–Crippen LogP) is 4.26. The normalized spacial score (nSPS) is 15.8. The highest BCUT2D eigenvalue weighted by Gasteiger charge is 2.34. The van der Waals surface area contributed by atoms with Crippen LogP contribution >= 0.6 is 11.3 Å². The zero-order valence-electron chi connectivity index (χ0n) is 16.1. The van der Waals surface area contributed by atoms with E-state index >= 15 is 0 Å². The summed E-state index contributed by atoms with van der Waals surface area (Å²) in [6.45, 7) is 2.52. The highest BCUT2D eigenvalue weighted by atomic mass is 32.1. The summed E-state index contributed by atoms with van der Waals surface area (Å²) >= 11 is 1.40. The summed E-state index contributed by atoms with van der Waals surface area (Å²) in [6.07, 6.45) is 0.766. The number of hydrogen-bond donors (Lipinski definition) is 0. The summed E-state index contributed by atoms with van der Waals surface area (Å²) in [6, 6.07) is 14.0. The Bertz CT molecular complexity index is 1000. The predicted molar refractivity (Wildman–Crippen MR) is 109 cm³/mol. The number of fused-ring (bicyclic) bond motifs is 1. The highest BCUT2D eigenvalue weighted by Crippen LogP contribution is 2.41. The molecule has 1 aliphatic heterocycles. The molecule has 1 amide bonds. The molecule has 0 radical (unpaired) electrons. The van der Waals surface area contributed by atoms with Crippen LogP contribution in [0, 0.1) is 6.92 Å². The molecule has 1 aromatic heterocycles. The molecule has 2 aromatic carbocycles. The largest absolute Gasteiger partial charge is 0.493 e. The lowest BCUT2D eigenvalue weighted by molar-refractivity contribution is 0.0698. The molecule has 0 unspecified atom stereocenters. The van der Waals surface area contributed by atoms with Crippen LogP contribution in [0.25, 0.3) is 0 Å². The van der Waals surface area contributed by atoms with Crippen molar-refractivity contribution in [3.05, 3.63) is 75.2 Å². The van der Waals surface area contributed by atoms with Gasteiger partial charge in [0.1, 0.15) is 4.88 Å². The maximum Gasteiger partial charge on any atom is 0.266 e. The van der Waals surface area contributed by atoms with E-state index in [9.17, 15) is 4.79 Å². The van der Waals surface area contributed by atoms with Gasteiger partial charge in [-0.25, -0.2) is 4.98 Å².